The molecule has 1 aliphatic rings. The van der Waals surface area contributed by atoms with Crippen molar-refractivity contribution in [3.05, 3.63) is 77.5 Å². The summed E-state index contributed by atoms with van der Waals surface area (Å²) >= 11 is 0. The van der Waals surface area contributed by atoms with E-state index in [2.05, 4.69) is 25.8 Å². The molecule has 162 valence electrons. The van der Waals surface area contributed by atoms with Gasteiger partial charge in [-0.2, -0.15) is 5.10 Å². The highest BCUT2D eigenvalue weighted by molar-refractivity contribution is 5.90. The van der Waals surface area contributed by atoms with Crippen LogP contribution in [0.2, 0.25) is 0 Å². The molecule has 3 heterocycles. The Kier molecular flexibility index (Phi) is 4.73. The lowest BCUT2D eigenvalue weighted by molar-refractivity contribution is 0.251. The van der Waals surface area contributed by atoms with Crippen molar-refractivity contribution >= 4 is 11.7 Å². The molecule has 0 spiro atoms. The summed E-state index contributed by atoms with van der Waals surface area (Å²) in [5.74, 6) is -1.39. The Morgan fingerprint density at radius 3 is 2.75 bits per heavy atom. The maximum absolute atomic E-state index is 14.7. The number of halogens is 2. The molecule has 4 aromatic rings. The number of amides is 2. The maximum atomic E-state index is 14.7. The van der Waals surface area contributed by atoms with Crippen molar-refractivity contribution in [2.24, 2.45) is 0 Å². The number of hydrogen-bond acceptors (Lipinski definition) is 3. The van der Waals surface area contributed by atoms with Crippen molar-refractivity contribution in [2.45, 2.75) is 19.9 Å². The average Bonchev–Trinajstić information content (AvgIpc) is 3.44. The van der Waals surface area contributed by atoms with E-state index in [1.54, 1.807) is 26.4 Å². The number of benzene rings is 2. The molecule has 0 fully saturated rings. The lowest BCUT2D eigenvalue weighted by Crippen LogP contribution is -2.33. The van der Waals surface area contributed by atoms with Crippen LogP contribution in [0.4, 0.5) is 19.3 Å². The summed E-state index contributed by atoms with van der Waals surface area (Å²) < 4.78 is 31.4. The van der Waals surface area contributed by atoms with Crippen LogP contribution >= 0.6 is 0 Å². The highest BCUT2D eigenvalue weighted by atomic mass is 19.1. The number of aromatic amines is 1. The first kappa shape index (κ1) is 19.9. The highest BCUT2D eigenvalue weighted by Crippen LogP contribution is 2.38. The summed E-state index contributed by atoms with van der Waals surface area (Å²) in [6, 6.07) is 9.19. The summed E-state index contributed by atoms with van der Waals surface area (Å²) in [5, 5.41) is 11.9. The second-order valence-electron chi connectivity index (χ2n) is 7.75. The number of anilines is 1. The van der Waals surface area contributed by atoms with Gasteiger partial charge < -0.3 is 15.2 Å². The SMILES string of the molecule is Cc1n[nH]c(C)c1-c1cc(F)c(NC(=O)NCC2c3ccccc3-c3cncn32)cc1F. The monoisotopic (exact) mass is 434 g/mol. The van der Waals surface area contributed by atoms with Gasteiger partial charge in [0.05, 0.1) is 35.6 Å². The number of hydrogen-bond donors (Lipinski definition) is 3. The molecule has 2 amide bonds. The van der Waals surface area contributed by atoms with Crippen LogP contribution in [-0.4, -0.2) is 32.3 Å². The molecule has 1 atom stereocenters. The standard InChI is InChI=1S/C23H20F2N6O/c1-12-22(13(2)30-29-12)16-7-18(25)19(8-17(16)24)28-23(32)27-10-21-15-6-4-3-5-14(15)20-9-26-11-31(20)21/h3-9,11,21H,10H2,1-2H3,(H,29,30)(H2,27,28,32). The molecule has 0 radical (unpaired) electrons. The largest absolute Gasteiger partial charge is 0.335 e. The molecule has 0 aliphatic carbocycles. The van der Waals surface area contributed by atoms with Crippen LogP contribution in [0.1, 0.15) is 23.0 Å². The van der Waals surface area contributed by atoms with Crippen molar-refractivity contribution in [3.63, 3.8) is 0 Å². The van der Waals surface area contributed by atoms with Crippen LogP contribution in [-0.2, 0) is 0 Å². The van der Waals surface area contributed by atoms with Gasteiger partial charge in [-0.15, -0.1) is 0 Å². The predicted octanol–water partition coefficient (Wildman–Crippen LogP) is 4.56. The first-order valence-electron chi connectivity index (χ1n) is 10.1. The zero-order valence-electron chi connectivity index (χ0n) is 17.4. The number of carbonyl (C=O) groups is 1. The zero-order valence-corrected chi connectivity index (χ0v) is 17.4. The fourth-order valence-corrected chi connectivity index (χ4v) is 4.28. The van der Waals surface area contributed by atoms with Crippen LogP contribution in [0.15, 0.2) is 48.9 Å². The van der Waals surface area contributed by atoms with E-state index in [1.807, 2.05) is 28.8 Å². The van der Waals surface area contributed by atoms with Crippen LogP contribution < -0.4 is 10.6 Å². The Morgan fingerprint density at radius 1 is 1.16 bits per heavy atom. The molecule has 0 saturated heterocycles. The van der Waals surface area contributed by atoms with Gasteiger partial charge in [-0.1, -0.05) is 24.3 Å². The van der Waals surface area contributed by atoms with Gasteiger partial charge >= 0.3 is 6.03 Å². The first-order chi connectivity index (χ1) is 15.4. The summed E-state index contributed by atoms with van der Waals surface area (Å²) in [4.78, 5) is 16.7. The van der Waals surface area contributed by atoms with Crippen molar-refractivity contribution in [3.8, 4) is 22.4 Å². The number of nitrogens with one attached hydrogen (secondary N) is 3. The fraction of sp³-hybridized carbons (Fsp3) is 0.174. The van der Waals surface area contributed by atoms with Crippen molar-refractivity contribution in [1.29, 1.82) is 0 Å². The van der Waals surface area contributed by atoms with Gasteiger partial charge in [0.15, 0.2) is 0 Å². The van der Waals surface area contributed by atoms with E-state index in [0.29, 0.717) is 17.0 Å². The molecule has 7 nitrogen and oxygen atoms in total. The smallest absolute Gasteiger partial charge is 0.319 e. The second-order valence-corrected chi connectivity index (χ2v) is 7.75. The summed E-state index contributed by atoms with van der Waals surface area (Å²) in [6.07, 6.45) is 3.50. The molecule has 32 heavy (non-hydrogen) atoms. The number of H-pyrrole nitrogens is 1. The van der Waals surface area contributed by atoms with E-state index < -0.39 is 17.7 Å². The number of urea groups is 1. The second kappa shape index (κ2) is 7.60. The molecule has 0 bridgehead atoms. The molecule has 5 rings (SSSR count). The Morgan fingerprint density at radius 2 is 1.97 bits per heavy atom. The molecule has 3 N–H and O–H groups in total. The molecule has 0 saturated carbocycles. The molecule has 2 aromatic carbocycles. The third-order valence-electron chi connectivity index (χ3n) is 5.76. The van der Waals surface area contributed by atoms with E-state index in [1.165, 1.54) is 0 Å². The minimum Gasteiger partial charge on any atom is -0.335 e. The topological polar surface area (TPSA) is 87.6 Å². The first-order valence-corrected chi connectivity index (χ1v) is 10.1. The number of imidazole rings is 1. The fourth-order valence-electron chi connectivity index (χ4n) is 4.28. The number of fused-ring (bicyclic) bond motifs is 3. The minimum atomic E-state index is -0.736. The quantitative estimate of drug-likeness (QED) is 0.440. The van der Waals surface area contributed by atoms with Crippen molar-refractivity contribution < 1.29 is 13.6 Å². The van der Waals surface area contributed by atoms with Crippen LogP contribution in [0.5, 0.6) is 0 Å². The van der Waals surface area contributed by atoms with Crippen LogP contribution in [0, 0.1) is 25.5 Å². The molecule has 1 aliphatic heterocycles. The van der Waals surface area contributed by atoms with Crippen molar-refractivity contribution in [1.82, 2.24) is 25.1 Å². The Bertz CT molecular complexity index is 1320. The average molecular weight is 434 g/mol. The van der Waals surface area contributed by atoms with Gasteiger partial charge in [-0.25, -0.2) is 18.6 Å². The Balaban J connectivity index is 1.32. The van der Waals surface area contributed by atoms with Gasteiger partial charge in [-0.05, 0) is 25.5 Å². The van der Waals surface area contributed by atoms with Gasteiger partial charge in [0.2, 0.25) is 0 Å². The normalized spacial score (nSPS) is 14.2. The highest BCUT2D eigenvalue weighted by Gasteiger charge is 2.28. The number of aromatic nitrogens is 4. The van der Waals surface area contributed by atoms with E-state index >= 15 is 0 Å². The summed E-state index contributed by atoms with van der Waals surface area (Å²) in [7, 11) is 0. The number of aryl methyl sites for hydroxylation is 2. The predicted molar refractivity (Wildman–Crippen MR) is 116 cm³/mol. The number of nitrogens with zero attached hydrogens (tertiary/aromatic N) is 3. The number of rotatable bonds is 4. The molecular weight excluding hydrogens is 414 g/mol. The van der Waals surface area contributed by atoms with E-state index in [9.17, 15) is 13.6 Å². The van der Waals surface area contributed by atoms with Crippen molar-refractivity contribution in [2.75, 3.05) is 11.9 Å². The van der Waals surface area contributed by atoms with Gasteiger partial charge in [-0.3, -0.25) is 5.10 Å². The van der Waals surface area contributed by atoms with E-state index in [0.717, 1.165) is 29.0 Å². The third-order valence-corrected chi connectivity index (χ3v) is 5.76. The maximum Gasteiger partial charge on any atom is 0.319 e. The third kappa shape index (κ3) is 3.22. The molecule has 2 aromatic heterocycles. The van der Waals surface area contributed by atoms with Gasteiger partial charge in [0, 0.05) is 35.0 Å². The lowest BCUT2D eigenvalue weighted by atomic mass is 10.0. The van der Waals surface area contributed by atoms with E-state index in [-0.39, 0.29) is 23.8 Å². The molecule has 1 unspecified atom stereocenters. The molecular formula is C23H20F2N6O. The summed E-state index contributed by atoms with van der Waals surface area (Å²) in [5.41, 5.74) is 4.66. The number of carbonyl (C=O) groups excluding carboxylic acids is 1. The van der Waals surface area contributed by atoms with Gasteiger partial charge in [0.25, 0.3) is 0 Å². The molecule has 9 heteroatoms. The van der Waals surface area contributed by atoms with Gasteiger partial charge in [0.1, 0.15) is 11.6 Å². The zero-order chi connectivity index (χ0) is 22.4. The Labute approximate surface area is 182 Å². The summed E-state index contributed by atoms with van der Waals surface area (Å²) in [6.45, 7) is 3.71. The minimum absolute atomic E-state index is 0.0902. The Hall–Kier alpha value is -4.01. The van der Waals surface area contributed by atoms with E-state index in [4.69, 9.17) is 0 Å². The van der Waals surface area contributed by atoms with Crippen LogP contribution in [0.25, 0.3) is 22.4 Å². The lowest BCUT2D eigenvalue weighted by Gasteiger charge is -2.16. The van der Waals surface area contributed by atoms with Crippen LogP contribution in [0.3, 0.4) is 0 Å².